The fourth-order valence-electron chi connectivity index (χ4n) is 0.729. The van der Waals surface area contributed by atoms with Gasteiger partial charge < -0.3 is 9.63 Å². The average Bonchev–Trinajstić information content (AvgIpc) is 1.89. The van der Waals surface area contributed by atoms with Crippen LogP contribution in [0.15, 0.2) is 12.7 Å². The molecule has 60 valence electrons. The van der Waals surface area contributed by atoms with E-state index in [-0.39, 0.29) is 0 Å². The Kier molecular flexibility index (Phi) is 4.88. The maximum Gasteiger partial charge on any atom is 0.0914 e. The lowest BCUT2D eigenvalue weighted by Crippen LogP contribution is -2.31. The van der Waals surface area contributed by atoms with Gasteiger partial charge in [-0.2, -0.15) is 0 Å². The average molecular weight is 162 g/mol. The molecule has 0 aromatic carbocycles. The molecule has 0 radical (unpaired) electrons. The smallest absolute Gasteiger partial charge is 0.0914 e. The van der Waals surface area contributed by atoms with Crippen LogP contribution in [0, 0.1) is 0 Å². The highest BCUT2D eigenvalue weighted by molar-refractivity contribution is 7.09. The summed E-state index contributed by atoms with van der Waals surface area (Å²) >= 11 is 0. The Bertz CT molecular complexity index is 106. The number of rotatable bonds is 5. The Morgan fingerprint density at radius 1 is 1.80 bits per heavy atom. The van der Waals surface area contributed by atoms with E-state index in [2.05, 4.69) is 16.0 Å². The third kappa shape index (κ3) is 3.31. The minimum atomic E-state index is -0.719. The summed E-state index contributed by atoms with van der Waals surface area (Å²) in [7, 11) is 2.13. The molecule has 0 aliphatic carbocycles. The number of aliphatic hydroxyl groups is 1. The zero-order valence-corrected chi connectivity index (χ0v) is 7.49. The van der Waals surface area contributed by atoms with Gasteiger partial charge in [0.05, 0.1) is 12.2 Å². The molecule has 0 aromatic rings. The molecule has 10 heavy (non-hydrogen) atoms. The van der Waals surface area contributed by atoms with Crippen molar-refractivity contribution in [1.82, 2.24) is 0 Å². The number of hydrogen-bond acceptors (Lipinski definition) is 2. The molecule has 0 aliphatic heterocycles. The van der Waals surface area contributed by atoms with Gasteiger partial charge in [-0.15, -0.1) is 6.58 Å². The molecule has 0 saturated carbocycles. The van der Waals surface area contributed by atoms with E-state index in [1.54, 1.807) is 6.08 Å². The highest BCUT2D eigenvalue weighted by Gasteiger charge is 2.22. The minimum absolute atomic E-state index is 0.347. The maximum atomic E-state index is 9.61. The first kappa shape index (κ1) is 10.1. The summed E-state index contributed by atoms with van der Waals surface area (Å²) in [5.74, 6) is 0. The van der Waals surface area contributed by atoms with E-state index in [1.165, 1.54) is 0 Å². The van der Waals surface area contributed by atoms with Crippen molar-refractivity contribution in [3.05, 3.63) is 12.7 Å². The summed E-state index contributed by atoms with van der Waals surface area (Å²) in [6.45, 7) is 5.82. The van der Waals surface area contributed by atoms with Gasteiger partial charge in [0.25, 0.3) is 0 Å². The zero-order chi connectivity index (χ0) is 8.04. The lowest BCUT2D eigenvalue weighted by molar-refractivity contribution is 0.000103. The normalized spacial score (nSPS) is 16.3. The van der Waals surface area contributed by atoms with E-state index in [0.29, 0.717) is 19.4 Å². The summed E-state index contributed by atoms with van der Waals surface area (Å²) in [5.41, 5.74) is -0.719. The Morgan fingerprint density at radius 3 is 2.70 bits per heavy atom. The molecule has 1 N–H and O–H groups in total. The molecule has 2 nitrogen and oxygen atoms in total. The van der Waals surface area contributed by atoms with Gasteiger partial charge in [-0.1, -0.05) is 13.0 Å². The lowest BCUT2D eigenvalue weighted by Gasteiger charge is -2.23. The predicted molar refractivity (Wildman–Crippen MR) is 45.7 cm³/mol. The molecule has 0 bridgehead atoms. The van der Waals surface area contributed by atoms with Gasteiger partial charge in [-0.3, -0.25) is 0 Å². The molecule has 0 rings (SSSR count). The van der Waals surface area contributed by atoms with E-state index < -0.39 is 5.60 Å². The van der Waals surface area contributed by atoms with Crippen molar-refractivity contribution in [2.24, 2.45) is 0 Å². The Morgan fingerprint density at radius 2 is 2.40 bits per heavy atom. The first-order valence-corrected chi connectivity index (χ1v) is 3.80. The van der Waals surface area contributed by atoms with E-state index in [1.807, 2.05) is 6.92 Å². The molecule has 2 unspecified atom stereocenters. The molecule has 0 aromatic heterocycles. The first-order valence-electron chi connectivity index (χ1n) is 3.33. The fraction of sp³-hybridized carbons (Fsp3) is 0.714. The van der Waals surface area contributed by atoms with Crippen molar-refractivity contribution in [3.63, 3.8) is 0 Å². The van der Waals surface area contributed by atoms with Crippen LogP contribution in [0.5, 0.6) is 0 Å². The van der Waals surface area contributed by atoms with Gasteiger partial charge in [0.2, 0.25) is 0 Å². The van der Waals surface area contributed by atoms with Gasteiger partial charge in [-0.25, -0.2) is 0 Å². The molecule has 0 spiro atoms. The number of hydrogen-bond donors (Lipinski definition) is 1. The van der Waals surface area contributed by atoms with Crippen LogP contribution in [-0.2, 0) is 4.52 Å². The zero-order valence-electron chi connectivity index (χ0n) is 6.34. The predicted octanol–water partition coefficient (Wildman–Crippen LogP) is 1.51. The van der Waals surface area contributed by atoms with Crippen LogP contribution in [-0.4, -0.2) is 17.3 Å². The second-order valence-electron chi connectivity index (χ2n) is 2.38. The van der Waals surface area contributed by atoms with Gasteiger partial charge >= 0.3 is 0 Å². The molecular weight excluding hydrogens is 147 g/mol. The third-order valence-electron chi connectivity index (χ3n) is 1.53. The Balaban J connectivity index is 3.80. The van der Waals surface area contributed by atoms with E-state index in [0.717, 1.165) is 0 Å². The molecule has 0 heterocycles. The summed E-state index contributed by atoms with van der Waals surface area (Å²) in [4.78, 5) is 0. The highest BCUT2D eigenvalue weighted by atomic mass is 31.0. The van der Waals surface area contributed by atoms with Crippen LogP contribution in [0.2, 0.25) is 0 Å². The molecule has 0 amide bonds. The molecular formula is C7H15O2P. The highest BCUT2D eigenvalue weighted by Crippen LogP contribution is 2.16. The molecule has 0 saturated heterocycles. The summed E-state index contributed by atoms with van der Waals surface area (Å²) in [6.07, 6.45) is 2.97. The SMILES string of the molecule is C=CCC(O)(CC)COP. The van der Waals surface area contributed by atoms with Crippen LogP contribution in [0.3, 0.4) is 0 Å². The second-order valence-corrected chi connectivity index (χ2v) is 2.72. The van der Waals surface area contributed by atoms with Gasteiger partial charge in [0.1, 0.15) is 0 Å². The van der Waals surface area contributed by atoms with Crippen LogP contribution in [0.4, 0.5) is 0 Å². The van der Waals surface area contributed by atoms with Crippen LogP contribution >= 0.6 is 9.47 Å². The van der Waals surface area contributed by atoms with Gasteiger partial charge in [0.15, 0.2) is 0 Å². The first-order chi connectivity index (χ1) is 4.68. The van der Waals surface area contributed by atoms with Crippen molar-refractivity contribution in [3.8, 4) is 0 Å². The second kappa shape index (κ2) is 4.84. The summed E-state index contributed by atoms with van der Waals surface area (Å²) in [6, 6.07) is 0. The van der Waals surface area contributed by atoms with E-state index >= 15 is 0 Å². The van der Waals surface area contributed by atoms with Gasteiger partial charge in [-0.05, 0) is 12.8 Å². The quantitative estimate of drug-likeness (QED) is 0.490. The third-order valence-corrected chi connectivity index (χ3v) is 1.70. The van der Waals surface area contributed by atoms with Crippen LogP contribution in [0.25, 0.3) is 0 Å². The molecule has 3 heteroatoms. The molecule has 0 fully saturated rings. The lowest BCUT2D eigenvalue weighted by atomic mass is 9.98. The Labute approximate surface area is 64.6 Å². The van der Waals surface area contributed by atoms with E-state index in [9.17, 15) is 5.11 Å². The van der Waals surface area contributed by atoms with Crippen LogP contribution < -0.4 is 0 Å². The fourth-order valence-corrected chi connectivity index (χ4v) is 1.04. The van der Waals surface area contributed by atoms with Gasteiger partial charge in [0, 0.05) is 9.47 Å². The standard InChI is InChI=1S/C7H15O2P/c1-3-5-7(8,4-2)6-9-10/h3,8H,1,4-6,10H2,2H3. The van der Waals surface area contributed by atoms with Crippen molar-refractivity contribution < 1.29 is 9.63 Å². The van der Waals surface area contributed by atoms with Crippen molar-refractivity contribution in [2.45, 2.75) is 25.4 Å². The maximum absolute atomic E-state index is 9.61. The molecule has 0 aliphatic rings. The monoisotopic (exact) mass is 162 g/mol. The van der Waals surface area contributed by atoms with Crippen molar-refractivity contribution in [1.29, 1.82) is 0 Å². The molecule has 2 atom stereocenters. The summed E-state index contributed by atoms with van der Waals surface area (Å²) in [5, 5.41) is 9.61. The van der Waals surface area contributed by atoms with Crippen molar-refractivity contribution >= 4 is 9.47 Å². The van der Waals surface area contributed by atoms with Crippen molar-refractivity contribution in [2.75, 3.05) is 6.61 Å². The summed E-state index contributed by atoms with van der Waals surface area (Å²) < 4.78 is 4.77. The largest absolute Gasteiger partial charge is 0.387 e. The van der Waals surface area contributed by atoms with E-state index in [4.69, 9.17) is 4.52 Å². The topological polar surface area (TPSA) is 29.5 Å². The minimum Gasteiger partial charge on any atom is -0.387 e. The van der Waals surface area contributed by atoms with Crippen LogP contribution in [0.1, 0.15) is 19.8 Å². The Hall–Kier alpha value is 0.0900.